The maximum atomic E-state index is 10.7. The number of nitriles is 1. The van der Waals surface area contributed by atoms with Crippen molar-refractivity contribution in [2.45, 2.75) is 4.90 Å². The van der Waals surface area contributed by atoms with E-state index in [1.54, 1.807) is 17.8 Å². The van der Waals surface area contributed by atoms with Crippen molar-refractivity contribution in [3.8, 4) is 6.07 Å². The van der Waals surface area contributed by atoms with E-state index >= 15 is 0 Å². The fourth-order valence-corrected chi connectivity index (χ4v) is 2.09. The smallest absolute Gasteiger partial charge is 0.270 e. The average Bonchev–Trinajstić information content (AvgIpc) is 2.48. The van der Waals surface area contributed by atoms with Gasteiger partial charge in [0.2, 0.25) is 0 Å². The van der Waals surface area contributed by atoms with Crippen molar-refractivity contribution in [1.29, 1.82) is 5.26 Å². The highest BCUT2D eigenvalue weighted by Crippen LogP contribution is 2.26. The van der Waals surface area contributed by atoms with Gasteiger partial charge in [-0.05, 0) is 36.6 Å². The lowest BCUT2D eigenvalue weighted by molar-refractivity contribution is -0.384. The van der Waals surface area contributed by atoms with Gasteiger partial charge in [-0.2, -0.15) is 5.26 Å². The van der Waals surface area contributed by atoms with Crippen molar-refractivity contribution in [2.24, 2.45) is 0 Å². The maximum absolute atomic E-state index is 10.7. The molecular formula is C14H11N3O2S. The number of nitro groups is 1. The Bertz CT molecular complexity index is 678. The summed E-state index contributed by atoms with van der Waals surface area (Å²) in [5.74, 6) is 0. The van der Waals surface area contributed by atoms with Crippen molar-refractivity contribution >= 4 is 28.8 Å². The van der Waals surface area contributed by atoms with Crippen LogP contribution in [-0.2, 0) is 0 Å². The van der Waals surface area contributed by atoms with Crippen LogP contribution in [0.5, 0.6) is 0 Å². The van der Waals surface area contributed by atoms with Crippen molar-refractivity contribution < 1.29 is 4.92 Å². The van der Waals surface area contributed by atoms with Crippen molar-refractivity contribution in [3.63, 3.8) is 0 Å². The summed E-state index contributed by atoms with van der Waals surface area (Å²) >= 11 is 1.64. The standard InChI is InChI=1S/C14H11N3O2S/c1-20-13-5-2-11(3-6-13)16-14-7-4-12(17(18)19)8-10(14)9-15/h2-8,16H,1H3. The summed E-state index contributed by atoms with van der Waals surface area (Å²) in [4.78, 5) is 11.3. The lowest BCUT2D eigenvalue weighted by atomic mass is 10.1. The van der Waals surface area contributed by atoms with E-state index in [1.807, 2.05) is 36.6 Å². The second-order valence-electron chi connectivity index (χ2n) is 3.95. The highest BCUT2D eigenvalue weighted by Gasteiger charge is 2.10. The molecule has 100 valence electrons. The second kappa shape index (κ2) is 6.08. The molecule has 2 rings (SSSR count). The van der Waals surface area contributed by atoms with Crippen LogP contribution in [0.1, 0.15) is 5.56 Å². The number of benzene rings is 2. The van der Waals surface area contributed by atoms with Crippen LogP contribution in [0.2, 0.25) is 0 Å². The molecule has 0 atom stereocenters. The zero-order chi connectivity index (χ0) is 14.5. The molecule has 0 bridgehead atoms. The Balaban J connectivity index is 2.28. The molecule has 0 saturated heterocycles. The highest BCUT2D eigenvalue weighted by atomic mass is 32.2. The average molecular weight is 285 g/mol. The van der Waals surface area contributed by atoms with Gasteiger partial charge in [0.1, 0.15) is 6.07 Å². The normalized spacial score (nSPS) is 9.80. The fraction of sp³-hybridized carbons (Fsp3) is 0.0714. The van der Waals surface area contributed by atoms with E-state index in [1.165, 1.54) is 12.1 Å². The number of non-ortho nitro benzene ring substituents is 1. The summed E-state index contributed by atoms with van der Waals surface area (Å²) in [6.07, 6.45) is 1.99. The van der Waals surface area contributed by atoms with Crippen LogP contribution in [0.25, 0.3) is 0 Å². The van der Waals surface area contributed by atoms with E-state index < -0.39 is 4.92 Å². The molecule has 2 aromatic rings. The van der Waals surface area contributed by atoms with E-state index in [4.69, 9.17) is 5.26 Å². The number of thioether (sulfide) groups is 1. The molecule has 0 radical (unpaired) electrons. The molecule has 0 fully saturated rings. The molecule has 0 aliphatic heterocycles. The summed E-state index contributed by atoms with van der Waals surface area (Å²) in [7, 11) is 0. The minimum atomic E-state index is -0.516. The Morgan fingerprint density at radius 1 is 1.25 bits per heavy atom. The van der Waals surface area contributed by atoms with Gasteiger partial charge >= 0.3 is 0 Å². The lowest BCUT2D eigenvalue weighted by Gasteiger charge is -2.08. The second-order valence-corrected chi connectivity index (χ2v) is 4.83. The van der Waals surface area contributed by atoms with Crippen LogP contribution in [-0.4, -0.2) is 11.2 Å². The SMILES string of the molecule is CSc1ccc(Nc2ccc([N+](=O)[O-])cc2C#N)cc1. The van der Waals surface area contributed by atoms with Crippen LogP contribution in [0.3, 0.4) is 0 Å². The monoisotopic (exact) mass is 285 g/mol. The van der Waals surface area contributed by atoms with E-state index in [9.17, 15) is 10.1 Å². The quantitative estimate of drug-likeness (QED) is 0.523. The summed E-state index contributed by atoms with van der Waals surface area (Å²) in [6.45, 7) is 0. The van der Waals surface area contributed by atoms with E-state index in [0.29, 0.717) is 5.69 Å². The first-order valence-corrected chi connectivity index (χ1v) is 6.96. The Morgan fingerprint density at radius 3 is 2.50 bits per heavy atom. The number of nitrogens with zero attached hydrogens (tertiary/aromatic N) is 2. The molecule has 0 amide bonds. The fourth-order valence-electron chi connectivity index (χ4n) is 1.68. The molecule has 6 heteroatoms. The van der Waals surface area contributed by atoms with Gasteiger partial charge in [-0.25, -0.2) is 0 Å². The van der Waals surface area contributed by atoms with Crippen LogP contribution in [0.15, 0.2) is 47.4 Å². The molecule has 5 nitrogen and oxygen atoms in total. The van der Waals surface area contributed by atoms with E-state index in [2.05, 4.69) is 5.32 Å². The minimum Gasteiger partial charge on any atom is -0.354 e. The molecule has 1 N–H and O–H groups in total. The predicted molar refractivity (Wildman–Crippen MR) is 79.3 cm³/mol. The molecule has 2 aromatic carbocycles. The zero-order valence-corrected chi connectivity index (χ0v) is 11.5. The number of nitrogens with one attached hydrogen (secondary N) is 1. The van der Waals surface area contributed by atoms with Gasteiger partial charge < -0.3 is 5.32 Å². The van der Waals surface area contributed by atoms with E-state index in [0.717, 1.165) is 10.6 Å². The maximum Gasteiger partial charge on any atom is 0.270 e. The van der Waals surface area contributed by atoms with Gasteiger partial charge in [0, 0.05) is 22.7 Å². The van der Waals surface area contributed by atoms with Crippen molar-refractivity contribution in [1.82, 2.24) is 0 Å². The van der Waals surface area contributed by atoms with Crippen LogP contribution < -0.4 is 5.32 Å². The zero-order valence-electron chi connectivity index (χ0n) is 10.7. The summed E-state index contributed by atoms with van der Waals surface area (Å²) in [5, 5.41) is 22.8. The third kappa shape index (κ3) is 3.08. The predicted octanol–water partition coefficient (Wildman–Crippen LogP) is 3.93. The molecule has 20 heavy (non-hydrogen) atoms. The third-order valence-electron chi connectivity index (χ3n) is 2.70. The van der Waals surface area contributed by atoms with Gasteiger partial charge in [0.05, 0.1) is 16.2 Å². The number of rotatable bonds is 4. The number of anilines is 2. The minimum absolute atomic E-state index is 0.0927. The van der Waals surface area contributed by atoms with Crippen LogP contribution in [0, 0.1) is 21.4 Å². The molecule has 0 saturated carbocycles. The van der Waals surface area contributed by atoms with Gasteiger partial charge in [-0.3, -0.25) is 10.1 Å². The molecule has 0 spiro atoms. The van der Waals surface area contributed by atoms with Crippen molar-refractivity contribution in [2.75, 3.05) is 11.6 Å². The molecule has 0 aliphatic rings. The van der Waals surface area contributed by atoms with Crippen LogP contribution in [0.4, 0.5) is 17.1 Å². The summed E-state index contributed by atoms with van der Waals surface area (Å²) < 4.78 is 0. The number of nitro benzene ring substituents is 1. The van der Waals surface area contributed by atoms with Gasteiger partial charge in [0.25, 0.3) is 5.69 Å². The number of hydrogen-bond donors (Lipinski definition) is 1. The van der Waals surface area contributed by atoms with E-state index in [-0.39, 0.29) is 11.3 Å². The molecule has 0 heterocycles. The van der Waals surface area contributed by atoms with Gasteiger partial charge in [-0.15, -0.1) is 11.8 Å². The van der Waals surface area contributed by atoms with Gasteiger partial charge in [0.15, 0.2) is 0 Å². The molecule has 0 unspecified atom stereocenters. The van der Waals surface area contributed by atoms with Crippen LogP contribution >= 0.6 is 11.8 Å². The van der Waals surface area contributed by atoms with Crippen molar-refractivity contribution in [3.05, 3.63) is 58.1 Å². The summed E-state index contributed by atoms with van der Waals surface area (Å²) in [5.41, 5.74) is 1.53. The van der Waals surface area contributed by atoms with Gasteiger partial charge in [-0.1, -0.05) is 0 Å². The molecule has 0 aliphatic carbocycles. The number of hydrogen-bond acceptors (Lipinski definition) is 5. The largest absolute Gasteiger partial charge is 0.354 e. The first-order chi connectivity index (χ1) is 9.63. The summed E-state index contributed by atoms with van der Waals surface area (Å²) in [6, 6.07) is 13.9. The Morgan fingerprint density at radius 2 is 1.95 bits per heavy atom. The topological polar surface area (TPSA) is 79.0 Å². The first-order valence-electron chi connectivity index (χ1n) is 5.73. The Hall–Kier alpha value is -2.52. The third-order valence-corrected chi connectivity index (χ3v) is 3.45. The Kier molecular flexibility index (Phi) is 4.23. The highest BCUT2D eigenvalue weighted by molar-refractivity contribution is 7.98. The Labute approximate surface area is 120 Å². The molecular weight excluding hydrogens is 274 g/mol. The lowest BCUT2D eigenvalue weighted by Crippen LogP contribution is -1.95. The molecule has 0 aromatic heterocycles. The first kappa shape index (κ1) is 13.9.